The molecule has 0 radical (unpaired) electrons. The van der Waals surface area contributed by atoms with Gasteiger partial charge in [-0.05, 0) is 24.8 Å². The first-order valence-corrected chi connectivity index (χ1v) is 4.17. The normalized spacial score (nSPS) is 14.0. The van der Waals surface area contributed by atoms with Crippen molar-refractivity contribution < 1.29 is 9.90 Å². The summed E-state index contributed by atoms with van der Waals surface area (Å²) in [6, 6.07) is 0. The van der Waals surface area contributed by atoms with Gasteiger partial charge >= 0.3 is 5.97 Å². The SMILES string of the molecule is CC(C)CC(C=CC(=O)O)CN. The van der Waals surface area contributed by atoms with Crippen molar-refractivity contribution in [1.82, 2.24) is 0 Å². The van der Waals surface area contributed by atoms with Crippen LogP contribution in [0.2, 0.25) is 0 Å². The fraction of sp³-hybridized carbons (Fsp3) is 0.667. The summed E-state index contributed by atoms with van der Waals surface area (Å²) in [5.74, 6) is -0.157. The summed E-state index contributed by atoms with van der Waals surface area (Å²) in [5, 5.41) is 8.36. The molecule has 0 fully saturated rings. The molecular weight excluding hydrogens is 154 g/mol. The highest BCUT2D eigenvalue weighted by Crippen LogP contribution is 2.11. The molecule has 0 rings (SSSR count). The molecule has 0 spiro atoms. The molecule has 3 nitrogen and oxygen atoms in total. The number of aliphatic carboxylic acids is 1. The van der Waals surface area contributed by atoms with E-state index in [4.69, 9.17) is 10.8 Å². The number of carboxylic acid groups (broad SMARTS) is 1. The minimum absolute atomic E-state index is 0.195. The topological polar surface area (TPSA) is 63.3 Å². The Hall–Kier alpha value is -0.830. The van der Waals surface area contributed by atoms with E-state index >= 15 is 0 Å². The maximum atomic E-state index is 10.2. The number of carboxylic acids is 1. The van der Waals surface area contributed by atoms with E-state index in [0.717, 1.165) is 6.42 Å². The average Bonchev–Trinajstić information content (AvgIpc) is 1.97. The summed E-state index contributed by atoms with van der Waals surface area (Å²) < 4.78 is 0. The number of nitrogens with two attached hydrogens (primary N) is 1. The first-order valence-electron chi connectivity index (χ1n) is 4.17. The molecule has 0 saturated heterocycles. The fourth-order valence-electron chi connectivity index (χ4n) is 1.08. The zero-order valence-corrected chi connectivity index (χ0v) is 7.66. The minimum atomic E-state index is -0.905. The van der Waals surface area contributed by atoms with Gasteiger partial charge in [0.2, 0.25) is 0 Å². The van der Waals surface area contributed by atoms with E-state index < -0.39 is 5.97 Å². The minimum Gasteiger partial charge on any atom is -0.478 e. The Bertz CT molecular complexity index is 164. The van der Waals surface area contributed by atoms with Crippen LogP contribution in [0.1, 0.15) is 20.3 Å². The van der Waals surface area contributed by atoms with Gasteiger partial charge in [-0.3, -0.25) is 0 Å². The van der Waals surface area contributed by atoms with Gasteiger partial charge in [0.05, 0.1) is 0 Å². The maximum absolute atomic E-state index is 10.2. The molecule has 0 heterocycles. The number of hydrogen-bond acceptors (Lipinski definition) is 2. The van der Waals surface area contributed by atoms with Crippen molar-refractivity contribution in [3.8, 4) is 0 Å². The quantitative estimate of drug-likeness (QED) is 0.612. The summed E-state index contributed by atoms with van der Waals surface area (Å²) >= 11 is 0. The predicted octanol–water partition coefficient (Wildman–Crippen LogP) is 1.25. The third kappa shape index (κ3) is 5.92. The molecule has 0 aliphatic carbocycles. The van der Waals surface area contributed by atoms with Crippen LogP contribution in [0.3, 0.4) is 0 Å². The Morgan fingerprint density at radius 1 is 1.58 bits per heavy atom. The van der Waals surface area contributed by atoms with Gasteiger partial charge < -0.3 is 10.8 Å². The van der Waals surface area contributed by atoms with E-state index in [9.17, 15) is 4.79 Å². The number of carbonyl (C=O) groups is 1. The highest BCUT2D eigenvalue weighted by atomic mass is 16.4. The van der Waals surface area contributed by atoms with E-state index in [2.05, 4.69) is 13.8 Å². The lowest BCUT2D eigenvalue weighted by Crippen LogP contribution is -2.14. The van der Waals surface area contributed by atoms with Crippen LogP contribution in [0.25, 0.3) is 0 Å². The monoisotopic (exact) mass is 171 g/mol. The van der Waals surface area contributed by atoms with Gasteiger partial charge in [-0.25, -0.2) is 4.79 Å². The Kier molecular flexibility index (Phi) is 5.37. The molecule has 70 valence electrons. The smallest absolute Gasteiger partial charge is 0.327 e. The second kappa shape index (κ2) is 5.77. The van der Waals surface area contributed by atoms with Gasteiger partial charge in [-0.15, -0.1) is 0 Å². The van der Waals surface area contributed by atoms with Crippen molar-refractivity contribution in [2.24, 2.45) is 17.6 Å². The molecule has 0 saturated carbocycles. The second-order valence-electron chi connectivity index (χ2n) is 3.32. The lowest BCUT2D eigenvalue weighted by Gasteiger charge is -2.11. The summed E-state index contributed by atoms with van der Waals surface area (Å²) in [4.78, 5) is 10.2. The molecule has 1 unspecified atom stereocenters. The van der Waals surface area contributed by atoms with Crippen LogP contribution in [-0.4, -0.2) is 17.6 Å². The molecule has 1 atom stereocenters. The lowest BCUT2D eigenvalue weighted by atomic mass is 9.97. The number of hydrogen-bond donors (Lipinski definition) is 2. The first kappa shape index (κ1) is 11.2. The molecule has 0 aromatic carbocycles. The Labute approximate surface area is 73.3 Å². The Morgan fingerprint density at radius 3 is 2.50 bits per heavy atom. The molecule has 12 heavy (non-hydrogen) atoms. The molecular formula is C9H17NO2. The van der Waals surface area contributed by atoms with Gasteiger partial charge in [0.15, 0.2) is 0 Å². The number of rotatable bonds is 5. The lowest BCUT2D eigenvalue weighted by molar-refractivity contribution is -0.131. The highest BCUT2D eigenvalue weighted by Gasteiger charge is 2.05. The molecule has 0 aromatic rings. The third-order valence-electron chi connectivity index (χ3n) is 1.59. The molecule has 0 amide bonds. The van der Waals surface area contributed by atoms with Crippen molar-refractivity contribution in [2.75, 3.05) is 6.54 Å². The predicted molar refractivity (Wildman–Crippen MR) is 48.8 cm³/mol. The largest absolute Gasteiger partial charge is 0.478 e. The summed E-state index contributed by atoms with van der Waals surface area (Å²) in [6.07, 6.45) is 3.78. The Morgan fingerprint density at radius 2 is 2.17 bits per heavy atom. The van der Waals surface area contributed by atoms with E-state index in [-0.39, 0.29) is 5.92 Å². The summed E-state index contributed by atoms with van der Waals surface area (Å²) in [7, 11) is 0. The van der Waals surface area contributed by atoms with Crippen molar-refractivity contribution in [2.45, 2.75) is 20.3 Å². The molecule has 0 aromatic heterocycles. The molecule has 3 heteroatoms. The Balaban J connectivity index is 3.90. The van der Waals surface area contributed by atoms with E-state index in [1.165, 1.54) is 6.08 Å². The van der Waals surface area contributed by atoms with Crippen LogP contribution in [0.4, 0.5) is 0 Å². The van der Waals surface area contributed by atoms with Crippen LogP contribution < -0.4 is 5.73 Å². The van der Waals surface area contributed by atoms with Crippen LogP contribution in [-0.2, 0) is 4.79 Å². The van der Waals surface area contributed by atoms with E-state index in [1.807, 2.05) is 0 Å². The van der Waals surface area contributed by atoms with Gasteiger partial charge in [0, 0.05) is 6.08 Å². The van der Waals surface area contributed by atoms with Crippen molar-refractivity contribution >= 4 is 5.97 Å². The summed E-state index contributed by atoms with van der Waals surface area (Å²) in [6.45, 7) is 4.70. The fourth-order valence-corrected chi connectivity index (χ4v) is 1.08. The van der Waals surface area contributed by atoms with Gasteiger partial charge in [-0.1, -0.05) is 19.9 Å². The molecule has 0 aliphatic rings. The van der Waals surface area contributed by atoms with Gasteiger partial charge in [-0.2, -0.15) is 0 Å². The van der Waals surface area contributed by atoms with Gasteiger partial charge in [0.1, 0.15) is 0 Å². The summed E-state index contributed by atoms with van der Waals surface area (Å²) in [5.41, 5.74) is 5.46. The van der Waals surface area contributed by atoms with Gasteiger partial charge in [0.25, 0.3) is 0 Å². The standard InChI is InChI=1S/C9H17NO2/c1-7(2)5-8(6-10)3-4-9(11)12/h3-4,7-8H,5-6,10H2,1-2H3,(H,11,12). The van der Waals surface area contributed by atoms with Crippen LogP contribution in [0.15, 0.2) is 12.2 Å². The molecule has 3 N–H and O–H groups in total. The average molecular weight is 171 g/mol. The van der Waals surface area contributed by atoms with Crippen molar-refractivity contribution in [3.63, 3.8) is 0 Å². The first-order chi connectivity index (χ1) is 5.56. The highest BCUT2D eigenvalue weighted by molar-refractivity contribution is 5.79. The molecule has 0 aliphatic heterocycles. The molecule has 0 bridgehead atoms. The third-order valence-corrected chi connectivity index (χ3v) is 1.59. The van der Waals surface area contributed by atoms with Crippen molar-refractivity contribution in [3.05, 3.63) is 12.2 Å². The van der Waals surface area contributed by atoms with Crippen LogP contribution in [0, 0.1) is 11.8 Å². The van der Waals surface area contributed by atoms with E-state index in [1.54, 1.807) is 6.08 Å². The maximum Gasteiger partial charge on any atom is 0.327 e. The second-order valence-corrected chi connectivity index (χ2v) is 3.32. The zero-order valence-electron chi connectivity index (χ0n) is 7.66. The zero-order chi connectivity index (χ0) is 9.56. The van der Waals surface area contributed by atoms with Crippen LogP contribution in [0.5, 0.6) is 0 Å². The van der Waals surface area contributed by atoms with Crippen molar-refractivity contribution in [1.29, 1.82) is 0 Å². The van der Waals surface area contributed by atoms with Crippen LogP contribution >= 0.6 is 0 Å². The van der Waals surface area contributed by atoms with E-state index in [0.29, 0.717) is 12.5 Å².